The average molecular weight is 258 g/mol. The topological polar surface area (TPSA) is 38.9 Å². The normalized spacial score (nSPS) is 12.7. The second kappa shape index (κ2) is 4.85. The Bertz CT molecular complexity index is 514. The fraction of sp³-hybridized carbons (Fsp3) is 0.182. The summed E-state index contributed by atoms with van der Waals surface area (Å²) in [6.07, 6.45) is 1.95. The molecule has 0 saturated carbocycles. The van der Waals surface area contributed by atoms with Crippen molar-refractivity contribution in [1.82, 2.24) is 4.98 Å². The van der Waals surface area contributed by atoms with Crippen LogP contribution >= 0.6 is 11.3 Å². The van der Waals surface area contributed by atoms with Gasteiger partial charge < -0.3 is 5.73 Å². The van der Waals surface area contributed by atoms with Crippen LogP contribution in [0.25, 0.3) is 0 Å². The summed E-state index contributed by atoms with van der Waals surface area (Å²) in [6, 6.07) is 1.32. The molecule has 1 aromatic heterocycles. The Balaban J connectivity index is 2.25. The summed E-state index contributed by atoms with van der Waals surface area (Å²) in [4.78, 5) is 4.72. The van der Waals surface area contributed by atoms with Crippen LogP contribution in [0.2, 0.25) is 0 Å². The predicted octanol–water partition coefficient (Wildman–Crippen LogP) is 2.80. The lowest BCUT2D eigenvalue weighted by Crippen LogP contribution is -2.15. The van der Waals surface area contributed by atoms with Crippen molar-refractivity contribution in [3.8, 4) is 0 Å². The number of aromatic nitrogens is 1. The number of nitrogens with two attached hydrogens (primary N) is 1. The van der Waals surface area contributed by atoms with Crippen LogP contribution in [0.15, 0.2) is 23.8 Å². The van der Waals surface area contributed by atoms with E-state index in [1.54, 1.807) is 11.7 Å². The molecule has 2 rings (SSSR count). The molecule has 0 radical (unpaired) electrons. The maximum atomic E-state index is 13.4. The maximum Gasteiger partial charge on any atom is 0.194 e. The average Bonchev–Trinajstić information content (AvgIpc) is 2.78. The lowest BCUT2D eigenvalue weighted by Gasteiger charge is -2.12. The molecule has 0 aliphatic rings. The Morgan fingerprint density at radius 1 is 1.24 bits per heavy atom. The van der Waals surface area contributed by atoms with Gasteiger partial charge in [0.05, 0.1) is 5.51 Å². The second-order valence-electron chi connectivity index (χ2n) is 3.54. The first-order valence-electron chi connectivity index (χ1n) is 4.86. The van der Waals surface area contributed by atoms with Crippen molar-refractivity contribution in [2.24, 2.45) is 5.73 Å². The molecule has 1 aromatic carbocycles. The van der Waals surface area contributed by atoms with Gasteiger partial charge in [-0.1, -0.05) is 6.07 Å². The molecule has 0 bridgehead atoms. The maximum absolute atomic E-state index is 13.4. The molecule has 0 spiro atoms. The molecule has 0 aliphatic carbocycles. The molecule has 0 fully saturated rings. The molecule has 0 aliphatic heterocycles. The van der Waals surface area contributed by atoms with Crippen LogP contribution < -0.4 is 5.73 Å². The summed E-state index contributed by atoms with van der Waals surface area (Å²) in [6.45, 7) is 0. The number of thiazole rings is 1. The van der Waals surface area contributed by atoms with Crippen molar-refractivity contribution in [3.05, 3.63) is 51.7 Å². The minimum absolute atomic E-state index is 0.0303. The summed E-state index contributed by atoms with van der Waals surface area (Å²) in [5, 5.41) is 0. The zero-order valence-electron chi connectivity index (χ0n) is 8.66. The third-order valence-electron chi connectivity index (χ3n) is 2.37. The minimum atomic E-state index is -1.48. The number of benzene rings is 1. The standard InChI is InChI=1S/C11H9F3N2S/c12-8-2-1-7(10(13)11(8)14)9(15)3-6-4-16-5-17-6/h1-2,4-5,9H,3,15H2. The highest BCUT2D eigenvalue weighted by Gasteiger charge is 2.18. The van der Waals surface area contributed by atoms with Gasteiger partial charge in [0.25, 0.3) is 0 Å². The lowest BCUT2D eigenvalue weighted by atomic mass is 10.0. The van der Waals surface area contributed by atoms with E-state index in [-0.39, 0.29) is 5.56 Å². The smallest absolute Gasteiger partial charge is 0.194 e. The zero-order chi connectivity index (χ0) is 12.4. The summed E-state index contributed by atoms with van der Waals surface area (Å²) in [7, 11) is 0. The first-order valence-corrected chi connectivity index (χ1v) is 5.74. The van der Waals surface area contributed by atoms with Crippen molar-refractivity contribution in [3.63, 3.8) is 0 Å². The Kier molecular flexibility index (Phi) is 3.44. The van der Waals surface area contributed by atoms with Gasteiger partial charge in [-0.25, -0.2) is 13.2 Å². The van der Waals surface area contributed by atoms with Crippen LogP contribution in [-0.4, -0.2) is 4.98 Å². The van der Waals surface area contributed by atoms with Gasteiger partial charge in [-0.2, -0.15) is 0 Å². The Labute approximate surface area is 99.9 Å². The fourth-order valence-corrected chi connectivity index (χ4v) is 2.15. The SMILES string of the molecule is NC(Cc1cncs1)c1ccc(F)c(F)c1F. The van der Waals surface area contributed by atoms with Crippen LogP contribution in [0.4, 0.5) is 13.2 Å². The molecule has 90 valence electrons. The quantitative estimate of drug-likeness (QED) is 0.860. The highest BCUT2D eigenvalue weighted by molar-refractivity contribution is 7.09. The second-order valence-corrected chi connectivity index (χ2v) is 4.51. The number of rotatable bonds is 3. The van der Waals surface area contributed by atoms with E-state index in [4.69, 9.17) is 5.73 Å². The Morgan fingerprint density at radius 3 is 2.65 bits per heavy atom. The molecular weight excluding hydrogens is 249 g/mol. The van der Waals surface area contributed by atoms with E-state index < -0.39 is 23.5 Å². The van der Waals surface area contributed by atoms with Crippen molar-refractivity contribution in [1.29, 1.82) is 0 Å². The molecule has 6 heteroatoms. The number of hydrogen-bond donors (Lipinski definition) is 1. The first-order chi connectivity index (χ1) is 8.09. The third-order valence-corrected chi connectivity index (χ3v) is 3.17. The molecule has 2 nitrogen and oxygen atoms in total. The van der Waals surface area contributed by atoms with Crippen LogP contribution in [-0.2, 0) is 6.42 Å². The van der Waals surface area contributed by atoms with Gasteiger partial charge in [0, 0.05) is 29.1 Å². The summed E-state index contributed by atoms with van der Waals surface area (Å²) >= 11 is 1.38. The molecule has 17 heavy (non-hydrogen) atoms. The first kappa shape index (κ1) is 12.1. The van der Waals surface area contributed by atoms with Gasteiger partial charge in [-0.05, 0) is 6.07 Å². The van der Waals surface area contributed by atoms with Crippen LogP contribution in [0.5, 0.6) is 0 Å². The van der Waals surface area contributed by atoms with E-state index in [2.05, 4.69) is 4.98 Å². The van der Waals surface area contributed by atoms with Gasteiger partial charge in [-0.3, -0.25) is 4.98 Å². The van der Waals surface area contributed by atoms with E-state index in [1.165, 1.54) is 17.4 Å². The van der Waals surface area contributed by atoms with Crippen molar-refractivity contribution in [2.45, 2.75) is 12.5 Å². The molecule has 1 heterocycles. The molecule has 0 saturated heterocycles. The summed E-state index contributed by atoms with van der Waals surface area (Å²) < 4.78 is 39.2. The van der Waals surface area contributed by atoms with Gasteiger partial charge in [0.2, 0.25) is 0 Å². The monoisotopic (exact) mass is 258 g/mol. The van der Waals surface area contributed by atoms with Gasteiger partial charge in [-0.15, -0.1) is 11.3 Å². The van der Waals surface area contributed by atoms with E-state index in [0.717, 1.165) is 10.9 Å². The van der Waals surface area contributed by atoms with Crippen LogP contribution in [0, 0.1) is 17.5 Å². The molecule has 1 atom stereocenters. The number of halogens is 3. The molecule has 1 unspecified atom stereocenters. The van der Waals surface area contributed by atoms with Gasteiger partial charge in [0.15, 0.2) is 17.5 Å². The molecule has 2 N–H and O–H groups in total. The molecule has 0 amide bonds. The number of hydrogen-bond acceptors (Lipinski definition) is 3. The fourth-order valence-electron chi connectivity index (χ4n) is 1.50. The lowest BCUT2D eigenvalue weighted by molar-refractivity contribution is 0.435. The largest absolute Gasteiger partial charge is 0.324 e. The van der Waals surface area contributed by atoms with Gasteiger partial charge in [0.1, 0.15) is 0 Å². The Morgan fingerprint density at radius 2 is 2.00 bits per heavy atom. The Hall–Kier alpha value is -1.40. The van der Waals surface area contributed by atoms with Crippen LogP contribution in [0.3, 0.4) is 0 Å². The highest BCUT2D eigenvalue weighted by atomic mass is 32.1. The van der Waals surface area contributed by atoms with E-state index in [0.29, 0.717) is 6.42 Å². The van der Waals surface area contributed by atoms with Gasteiger partial charge >= 0.3 is 0 Å². The number of nitrogens with zero attached hydrogens (tertiary/aromatic N) is 1. The van der Waals surface area contributed by atoms with Crippen molar-refractivity contribution < 1.29 is 13.2 Å². The third kappa shape index (κ3) is 2.48. The summed E-state index contributed by atoms with van der Waals surface area (Å²) in [5.74, 6) is -3.92. The van der Waals surface area contributed by atoms with Crippen molar-refractivity contribution in [2.75, 3.05) is 0 Å². The minimum Gasteiger partial charge on any atom is -0.324 e. The zero-order valence-corrected chi connectivity index (χ0v) is 9.48. The highest BCUT2D eigenvalue weighted by Crippen LogP contribution is 2.23. The van der Waals surface area contributed by atoms with Crippen molar-refractivity contribution >= 4 is 11.3 Å². The van der Waals surface area contributed by atoms with E-state index >= 15 is 0 Å². The molecular formula is C11H9F3N2S. The predicted molar refractivity (Wildman–Crippen MR) is 59.1 cm³/mol. The van der Waals surface area contributed by atoms with Crippen LogP contribution in [0.1, 0.15) is 16.5 Å². The summed E-state index contributed by atoms with van der Waals surface area (Å²) in [5.41, 5.74) is 7.35. The van der Waals surface area contributed by atoms with E-state index in [9.17, 15) is 13.2 Å². The molecule has 2 aromatic rings. The van der Waals surface area contributed by atoms with E-state index in [1.807, 2.05) is 0 Å².